The quantitative estimate of drug-likeness (QED) is 0.852. The first-order chi connectivity index (χ1) is 9.02. The molecule has 1 aliphatic heterocycles. The van der Waals surface area contributed by atoms with Gasteiger partial charge in [-0.2, -0.15) is 0 Å². The van der Waals surface area contributed by atoms with Gasteiger partial charge < -0.3 is 4.90 Å². The third kappa shape index (κ3) is 3.00. The van der Waals surface area contributed by atoms with Gasteiger partial charge >= 0.3 is 0 Å². The third-order valence-corrected chi connectivity index (χ3v) is 4.38. The van der Waals surface area contributed by atoms with Crippen molar-refractivity contribution in [3.63, 3.8) is 0 Å². The summed E-state index contributed by atoms with van der Waals surface area (Å²) in [6.45, 7) is 6.33. The molecule has 1 unspecified atom stereocenters. The molecule has 0 spiro atoms. The number of amides is 1. The van der Waals surface area contributed by atoms with Gasteiger partial charge in [0.15, 0.2) is 5.12 Å². The highest BCUT2D eigenvalue weighted by Crippen LogP contribution is 2.33. The maximum atomic E-state index is 12.2. The molecule has 1 fully saturated rings. The molecule has 1 aromatic rings. The van der Waals surface area contributed by atoms with E-state index in [-0.39, 0.29) is 16.3 Å². The van der Waals surface area contributed by atoms with Crippen LogP contribution in [0.2, 0.25) is 0 Å². The molecule has 0 N–H and O–H groups in total. The van der Waals surface area contributed by atoms with Gasteiger partial charge in [-0.15, -0.1) is 0 Å². The number of rotatable bonds is 3. The number of para-hydroxylation sites is 1. The SMILES string of the molecule is CCc1cccc(C)c1N1CC(SC(C)=O)CC1=O. The number of hydrogen-bond donors (Lipinski definition) is 0. The molecule has 2 rings (SSSR count). The van der Waals surface area contributed by atoms with Crippen molar-refractivity contribution in [1.82, 2.24) is 0 Å². The lowest BCUT2D eigenvalue weighted by atomic mass is 10.0. The van der Waals surface area contributed by atoms with Crippen LogP contribution in [0.3, 0.4) is 0 Å². The average molecular weight is 277 g/mol. The minimum absolute atomic E-state index is 0.0835. The van der Waals surface area contributed by atoms with Crippen molar-refractivity contribution in [1.29, 1.82) is 0 Å². The summed E-state index contributed by atoms with van der Waals surface area (Å²) in [5, 5.41) is 0.175. The minimum Gasteiger partial charge on any atom is -0.311 e. The zero-order valence-corrected chi connectivity index (χ0v) is 12.4. The molecule has 0 aromatic heterocycles. The second kappa shape index (κ2) is 5.78. The molecule has 1 saturated heterocycles. The zero-order chi connectivity index (χ0) is 14.0. The number of hydrogen-bond acceptors (Lipinski definition) is 3. The summed E-state index contributed by atoms with van der Waals surface area (Å²) in [7, 11) is 0. The third-order valence-electron chi connectivity index (χ3n) is 3.39. The predicted molar refractivity (Wildman–Crippen MR) is 79.6 cm³/mol. The van der Waals surface area contributed by atoms with Crippen LogP contribution in [0.15, 0.2) is 18.2 Å². The predicted octanol–water partition coefficient (Wildman–Crippen LogP) is 2.94. The van der Waals surface area contributed by atoms with Crippen molar-refractivity contribution >= 4 is 28.5 Å². The number of aryl methyl sites for hydroxylation is 2. The standard InChI is InChI=1S/C15H19NO2S/c1-4-12-7-5-6-10(2)15(12)16-9-13(8-14(16)18)19-11(3)17/h5-7,13H,4,8-9H2,1-3H3. The largest absolute Gasteiger partial charge is 0.311 e. The van der Waals surface area contributed by atoms with E-state index in [9.17, 15) is 9.59 Å². The number of thioether (sulfide) groups is 1. The molecule has 4 heteroatoms. The van der Waals surface area contributed by atoms with E-state index in [1.165, 1.54) is 17.3 Å². The highest BCUT2D eigenvalue weighted by atomic mass is 32.2. The summed E-state index contributed by atoms with van der Waals surface area (Å²) in [4.78, 5) is 25.2. The summed E-state index contributed by atoms with van der Waals surface area (Å²) >= 11 is 1.28. The molecular weight excluding hydrogens is 258 g/mol. The molecule has 1 aliphatic rings. The van der Waals surface area contributed by atoms with Crippen molar-refractivity contribution in [3.8, 4) is 0 Å². The molecule has 1 atom stereocenters. The van der Waals surface area contributed by atoms with E-state index in [0.717, 1.165) is 17.7 Å². The van der Waals surface area contributed by atoms with Crippen LogP contribution in [0.4, 0.5) is 5.69 Å². The second-order valence-electron chi connectivity index (χ2n) is 4.88. The van der Waals surface area contributed by atoms with Crippen LogP contribution in [0.25, 0.3) is 0 Å². The molecule has 19 heavy (non-hydrogen) atoms. The summed E-state index contributed by atoms with van der Waals surface area (Å²) in [6, 6.07) is 6.13. The lowest BCUT2D eigenvalue weighted by Gasteiger charge is -2.22. The van der Waals surface area contributed by atoms with Gasteiger partial charge in [-0.3, -0.25) is 9.59 Å². The molecule has 0 radical (unpaired) electrons. The molecule has 1 aromatic carbocycles. The fraction of sp³-hybridized carbons (Fsp3) is 0.467. The van der Waals surface area contributed by atoms with Gasteiger partial charge in [0, 0.05) is 30.8 Å². The first-order valence-electron chi connectivity index (χ1n) is 6.59. The molecule has 1 heterocycles. The Bertz CT molecular complexity index is 513. The normalized spacial score (nSPS) is 19.0. The van der Waals surface area contributed by atoms with Gasteiger partial charge in [0.1, 0.15) is 0 Å². The van der Waals surface area contributed by atoms with E-state index < -0.39 is 0 Å². The van der Waals surface area contributed by atoms with Crippen molar-refractivity contribution in [2.45, 2.75) is 38.9 Å². The topological polar surface area (TPSA) is 37.4 Å². The Labute approximate surface area is 118 Å². The van der Waals surface area contributed by atoms with Gasteiger partial charge in [-0.05, 0) is 24.5 Å². The average Bonchev–Trinajstić information content (AvgIpc) is 2.68. The Morgan fingerprint density at radius 3 is 2.84 bits per heavy atom. The van der Waals surface area contributed by atoms with Crippen molar-refractivity contribution in [3.05, 3.63) is 29.3 Å². The van der Waals surface area contributed by atoms with Crippen LogP contribution in [0.1, 0.15) is 31.4 Å². The van der Waals surface area contributed by atoms with E-state index >= 15 is 0 Å². The number of nitrogens with zero attached hydrogens (tertiary/aromatic N) is 1. The Morgan fingerprint density at radius 2 is 2.21 bits per heavy atom. The van der Waals surface area contributed by atoms with Crippen LogP contribution >= 0.6 is 11.8 Å². The summed E-state index contributed by atoms with van der Waals surface area (Å²) in [5.74, 6) is 0.128. The summed E-state index contributed by atoms with van der Waals surface area (Å²) in [5.41, 5.74) is 3.37. The molecule has 0 aliphatic carbocycles. The molecule has 102 valence electrons. The Morgan fingerprint density at radius 1 is 1.47 bits per heavy atom. The highest BCUT2D eigenvalue weighted by molar-refractivity contribution is 8.14. The van der Waals surface area contributed by atoms with E-state index in [1.807, 2.05) is 24.0 Å². The second-order valence-corrected chi connectivity index (χ2v) is 6.35. The van der Waals surface area contributed by atoms with Crippen LogP contribution < -0.4 is 4.90 Å². The van der Waals surface area contributed by atoms with Gasteiger partial charge in [0.05, 0.1) is 0 Å². The van der Waals surface area contributed by atoms with Gasteiger partial charge in [0.2, 0.25) is 5.91 Å². The van der Waals surface area contributed by atoms with E-state index in [0.29, 0.717) is 13.0 Å². The first-order valence-corrected chi connectivity index (χ1v) is 7.47. The smallest absolute Gasteiger partial charge is 0.228 e. The molecule has 1 amide bonds. The van der Waals surface area contributed by atoms with E-state index in [2.05, 4.69) is 13.0 Å². The maximum Gasteiger partial charge on any atom is 0.228 e. The van der Waals surface area contributed by atoms with Gasteiger partial charge in [-0.1, -0.05) is 36.9 Å². The molecule has 3 nitrogen and oxygen atoms in total. The first kappa shape index (κ1) is 14.1. The van der Waals surface area contributed by atoms with E-state index in [1.54, 1.807) is 6.92 Å². The molecule has 0 bridgehead atoms. The van der Waals surface area contributed by atoms with E-state index in [4.69, 9.17) is 0 Å². The number of anilines is 1. The van der Waals surface area contributed by atoms with Gasteiger partial charge in [-0.25, -0.2) is 0 Å². The summed E-state index contributed by atoms with van der Waals surface area (Å²) < 4.78 is 0. The van der Waals surface area contributed by atoms with Crippen molar-refractivity contribution in [2.75, 3.05) is 11.4 Å². The van der Waals surface area contributed by atoms with Gasteiger partial charge in [0.25, 0.3) is 0 Å². The summed E-state index contributed by atoms with van der Waals surface area (Å²) in [6.07, 6.45) is 1.37. The molecule has 0 saturated carbocycles. The van der Waals surface area contributed by atoms with Crippen LogP contribution in [0, 0.1) is 6.92 Å². The number of carbonyl (C=O) groups excluding carboxylic acids is 2. The minimum atomic E-state index is 0.0835. The maximum absolute atomic E-state index is 12.2. The van der Waals surface area contributed by atoms with Crippen LogP contribution in [0.5, 0.6) is 0 Å². The monoisotopic (exact) mass is 277 g/mol. The number of carbonyl (C=O) groups is 2. The highest BCUT2D eigenvalue weighted by Gasteiger charge is 2.33. The van der Waals surface area contributed by atoms with Crippen LogP contribution in [-0.4, -0.2) is 22.8 Å². The Balaban J connectivity index is 2.28. The lowest BCUT2D eigenvalue weighted by molar-refractivity contribution is -0.117. The molecular formula is C15H19NO2S. The van der Waals surface area contributed by atoms with Crippen molar-refractivity contribution in [2.24, 2.45) is 0 Å². The Hall–Kier alpha value is -1.29. The number of benzene rings is 1. The Kier molecular flexibility index (Phi) is 4.30. The zero-order valence-electron chi connectivity index (χ0n) is 11.6. The fourth-order valence-corrected chi connectivity index (χ4v) is 3.51. The fourth-order valence-electron chi connectivity index (χ4n) is 2.60. The van der Waals surface area contributed by atoms with Crippen molar-refractivity contribution < 1.29 is 9.59 Å². The van der Waals surface area contributed by atoms with Crippen LogP contribution in [-0.2, 0) is 16.0 Å². The lowest BCUT2D eigenvalue weighted by Crippen LogP contribution is -2.27.